The highest BCUT2D eigenvalue weighted by Crippen LogP contribution is 2.44. The number of para-hydroxylation sites is 2. The molecule has 0 aliphatic carbocycles. The molecule has 9 nitrogen and oxygen atoms in total. The summed E-state index contributed by atoms with van der Waals surface area (Å²) in [5.41, 5.74) is 2.47. The molecular weight excluding hydrogens is 673 g/mol. The summed E-state index contributed by atoms with van der Waals surface area (Å²) in [5, 5.41) is 11.8. The number of carbonyl (C=O) groups is 1. The molecule has 1 aromatic heterocycles. The maximum absolute atomic E-state index is 14.4. The standard InChI is InChI=1S/C31H30BrClFN5O4S/c1-5-42-24-13-8-7-12-23(24)36-29(40)26-17(3)35-30-37-31(44-6-2)38-39(30)27(26)18-14-20(32)28(25(15-18)41-4)43-16-19-21(33)10-9-11-22(19)34/h7-15,27H,5-6,16H2,1-4H3,(H,36,40)(H,35,37,38). The van der Waals surface area contributed by atoms with Crippen molar-refractivity contribution in [1.29, 1.82) is 0 Å². The van der Waals surface area contributed by atoms with Crippen LogP contribution in [-0.4, -0.2) is 40.1 Å². The summed E-state index contributed by atoms with van der Waals surface area (Å²) in [5.74, 6) is 1.74. The normalized spacial score (nSPS) is 14.1. The van der Waals surface area contributed by atoms with Gasteiger partial charge in [0, 0.05) is 11.3 Å². The fourth-order valence-electron chi connectivity index (χ4n) is 4.82. The van der Waals surface area contributed by atoms with E-state index in [1.807, 2.05) is 39.0 Å². The van der Waals surface area contributed by atoms with Gasteiger partial charge in [0.1, 0.15) is 24.2 Å². The monoisotopic (exact) mass is 701 g/mol. The van der Waals surface area contributed by atoms with Crippen LogP contribution in [0.5, 0.6) is 17.2 Å². The fraction of sp³-hybridized carbons (Fsp3) is 0.258. The lowest BCUT2D eigenvalue weighted by Crippen LogP contribution is -2.31. The zero-order chi connectivity index (χ0) is 31.4. The second kappa shape index (κ2) is 13.9. The van der Waals surface area contributed by atoms with E-state index < -0.39 is 11.9 Å². The van der Waals surface area contributed by atoms with Crippen molar-refractivity contribution >= 4 is 56.8 Å². The number of hydrogen-bond acceptors (Lipinski definition) is 8. The first-order valence-corrected chi connectivity index (χ1v) is 15.9. The molecule has 0 fully saturated rings. The van der Waals surface area contributed by atoms with Gasteiger partial charge in [-0.15, -0.1) is 5.10 Å². The second-order valence-electron chi connectivity index (χ2n) is 9.57. The van der Waals surface area contributed by atoms with Crippen molar-refractivity contribution < 1.29 is 23.4 Å². The van der Waals surface area contributed by atoms with Gasteiger partial charge in [-0.05, 0) is 77.5 Å². The summed E-state index contributed by atoms with van der Waals surface area (Å²) in [7, 11) is 1.51. The van der Waals surface area contributed by atoms with E-state index in [0.29, 0.717) is 62.0 Å². The summed E-state index contributed by atoms with van der Waals surface area (Å²) < 4.78 is 34.1. The van der Waals surface area contributed by atoms with Gasteiger partial charge in [-0.1, -0.05) is 48.5 Å². The summed E-state index contributed by atoms with van der Waals surface area (Å²) >= 11 is 11.3. The first-order valence-electron chi connectivity index (χ1n) is 13.8. The molecule has 230 valence electrons. The van der Waals surface area contributed by atoms with Gasteiger partial charge < -0.3 is 24.8 Å². The number of benzene rings is 3. The molecule has 2 heterocycles. The van der Waals surface area contributed by atoms with E-state index in [1.54, 1.807) is 28.9 Å². The largest absolute Gasteiger partial charge is 0.493 e. The number of halogens is 3. The van der Waals surface area contributed by atoms with Gasteiger partial charge in [-0.2, -0.15) is 4.98 Å². The lowest BCUT2D eigenvalue weighted by atomic mass is 9.94. The number of methoxy groups -OCH3 is 1. The van der Waals surface area contributed by atoms with Crippen LogP contribution in [0.4, 0.5) is 16.0 Å². The molecule has 0 radical (unpaired) electrons. The number of aromatic nitrogens is 3. The summed E-state index contributed by atoms with van der Waals surface area (Å²) in [6, 6.07) is 14.6. The van der Waals surface area contributed by atoms with Gasteiger partial charge in [0.2, 0.25) is 11.1 Å². The molecule has 13 heteroatoms. The third kappa shape index (κ3) is 6.52. The van der Waals surface area contributed by atoms with Crippen molar-refractivity contribution in [3.05, 3.63) is 92.3 Å². The first-order chi connectivity index (χ1) is 21.2. The van der Waals surface area contributed by atoms with E-state index in [9.17, 15) is 9.18 Å². The Morgan fingerprint density at radius 2 is 1.95 bits per heavy atom. The number of nitrogens with one attached hydrogen (secondary N) is 2. The second-order valence-corrected chi connectivity index (χ2v) is 12.1. The Hall–Kier alpha value is -3.74. The molecule has 3 aromatic carbocycles. The number of allylic oxidation sites excluding steroid dienone is 1. The molecule has 1 aliphatic heterocycles. The summed E-state index contributed by atoms with van der Waals surface area (Å²) in [6.45, 7) is 6.05. The van der Waals surface area contributed by atoms with Crippen LogP contribution in [0.15, 0.2) is 75.5 Å². The number of amides is 1. The van der Waals surface area contributed by atoms with Gasteiger partial charge in [0.15, 0.2) is 11.5 Å². The van der Waals surface area contributed by atoms with Crippen LogP contribution in [0, 0.1) is 5.82 Å². The highest BCUT2D eigenvalue weighted by Gasteiger charge is 2.36. The minimum Gasteiger partial charge on any atom is -0.493 e. The number of nitrogens with zero attached hydrogens (tertiary/aromatic N) is 3. The zero-order valence-corrected chi connectivity index (χ0v) is 27.6. The van der Waals surface area contributed by atoms with Crippen LogP contribution in [-0.2, 0) is 11.4 Å². The van der Waals surface area contributed by atoms with E-state index in [0.717, 1.165) is 5.75 Å². The van der Waals surface area contributed by atoms with Gasteiger partial charge in [0.05, 0.1) is 34.5 Å². The van der Waals surface area contributed by atoms with E-state index >= 15 is 0 Å². The third-order valence-corrected chi connectivity index (χ3v) is 8.44. The van der Waals surface area contributed by atoms with Crippen LogP contribution >= 0.6 is 39.3 Å². The molecule has 0 saturated heterocycles. The predicted molar refractivity (Wildman–Crippen MR) is 174 cm³/mol. The topological polar surface area (TPSA) is 99.5 Å². The van der Waals surface area contributed by atoms with Crippen molar-refractivity contribution in [3.63, 3.8) is 0 Å². The summed E-state index contributed by atoms with van der Waals surface area (Å²) in [4.78, 5) is 18.7. The van der Waals surface area contributed by atoms with Crippen molar-refractivity contribution in [1.82, 2.24) is 14.8 Å². The van der Waals surface area contributed by atoms with E-state index in [-0.39, 0.29) is 23.1 Å². The molecule has 44 heavy (non-hydrogen) atoms. The van der Waals surface area contributed by atoms with Gasteiger partial charge >= 0.3 is 0 Å². The highest BCUT2D eigenvalue weighted by atomic mass is 79.9. The van der Waals surface area contributed by atoms with Crippen LogP contribution in [0.1, 0.15) is 37.9 Å². The molecule has 1 amide bonds. The molecule has 1 aliphatic rings. The Morgan fingerprint density at radius 1 is 1.16 bits per heavy atom. The molecule has 0 saturated carbocycles. The molecule has 1 atom stereocenters. The number of hydrogen-bond donors (Lipinski definition) is 2. The lowest BCUT2D eigenvalue weighted by Gasteiger charge is -2.29. The number of rotatable bonds is 11. The fourth-order valence-corrected chi connectivity index (χ4v) is 6.16. The zero-order valence-electron chi connectivity index (χ0n) is 24.4. The van der Waals surface area contributed by atoms with E-state index in [2.05, 4.69) is 31.5 Å². The Labute approximate surface area is 272 Å². The van der Waals surface area contributed by atoms with Crippen LogP contribution in [0.3, 0.4) is 0 Å². The first kappa shape index (κ1) is 31.7. The van der Waals surface area contributed by atoms with E-state index in [4.69, 9.17) is 30.9 Å². The maximum atomic E-state index is 14.4. The Morgan fingerprint density at radius 3 is 2.68 bits per heavy atom. The Bertz CT molecular complexity index is 1710. The minimum absolute atomic E-state index is 0.121. The molecule has 2 N–H and O–H groups in total. The van der Waals surface area contributed by atoms with Crippen LogP contribution in [0.25, 0.3) is 0 Å². The smallest absolute Gasteiger partial charge is 0.255 e. The average molecular weight is 703 g/mol. The molecule has 5 rings (SSSR count). The number of thioether (sulfide) groups is 1. The van der Waals surface area contributed by atoms with Gasteiger partial charge in [-0.3, -0.25) is 4.79 Å². The molecule has 0 bridgehead atoms. The Kier molecular flexibility index (Phi) is 10.0. The number of ether oxygens (including phenoxy) is 3. The highest BCUT2D eigenvalue weighted by molar-refractivity contribution is 9.10. The molecule has 4 aromatic rings. The lowest BCUT2D eigenvalue weighted by molar-refractivity contribution is -0.113. The quantitative estimate of drug-likeness (QED) is 0.153. The number of carbonyl (C=O) groups excluding carboxylic acids is 1. The third-order valence-electron chi connectivity index (χ3n) is 6.78. The number of anilines is 2. The van der Waals surface area contributed by atoms with Crippen molar-refractivity contribution in [3.8, 4) is 17.2 Å². The van der Waals surface area contributed by atoms with Crippen LogP contribution < -0.4 is 24.8 Å². The SMILES string of the molecule is CCOc1ccccc1NC(=O)C1=C(C)Nc2nc(SCC)nn2C1c1cc(Br)c(OCc2c(F)cccc2Cl)c(OC)c1. The molecular formula is C31H30BrClFN5O4S. The predicted octanol–water partition coefficient (Wildman–Crippen LogP) is 7.86. The summed E-state index contributed by atoms with van der Waals surface area (Å²) in [6.07, 6.45) is 0. The van der Waals surface area contributed by atoms with E-state index in [1.165, 1.54) is 31.0 Å². The van der Waals surface area contributed by atoms with Gasteiger partial charge in [0.25, 0.3) is 5.91 Å². The maximum Gasteiger partial charge on any atom is 0.255 e. The number of fused-ring (bicyclic) bond motifs is 1. The average Bonchev–Trinajstić information content (AvgIpc) is 3.39. The minimum atomic E-state index is -0.690. The van der Waals surface area contributed by atoms with Gasteiger partial charge in [-0.25, -0.2) is 9.07 Å². The molecule has 0 spiro atoms. The van der Waals surface area contributed by atoms with Crippen LogP contribution in [0.2, 0.25) is 5.02 Å². The molecule has 1 unspecified atom stereocenters. The Balaban J connectivity index is 1.56. The van der Waals surface area contributed by atoms with Crippen molar-refractivity contribution in [2.45, 2.75) is 38.6 Å². The van der Waals surface area contributed by atoms with Crippen molar-refractivity contribution in [2.24, 2.45) is 0 Å². The van der Waals surface area contributed by atoms with Crippen molar-refractivity contribution in [2.75, 3.05) is 30.1 Å².